The van der Waals surface area contributed by atoms with Gasteiger partial charge in [-0.15, -0.1) is 0 Å². The van der Waals surface area contributed by atoms with Crippen LogP contribution in [0.15, 0.2) is 77.7 Å². The van der Waals surface area contributed by atoms with E-state index in [0.29, 0.717) is 35.7 Å². The lowest BCUT2D eigenvalue weighted by molar-refractivity contribution is -0.121. The maximum atomic E-state index is 13.3. The highest BCUT2D eigenvalue weighted by atomic mass is 32.2. The second-order valence-corrected chi connectivity index (χ2v) is 11.7. The number of nitrogens with zero attached hydrogens (tertiary/aromatic N) is 1. The number of sulfone groups is 1. The average molecular weight is 504 g/mol. The minimum absolute atomic E-state index is 0.0137. The number of ether oxygens (including phenoxy) is 1. The lowest BCUT2D eigenvalue weighted by Crippen LogP contribution is -2.40. The highest BCUT2D eigenvalue weighted by Crippen LogP contribution is 2.39. The molecule has 0 bridgehead atoms. The Labute approximate surface area is 211 Å². The first-order valence-corrected chi connectivity index (χ1v) is 14.1. The lowest BCUT2D eigenvalue weighted by Gasteiger charge is -2.37. The monoisotopic (exact) mass is 503 g/mol. The molecule has 1 atom stereocenters. The Morgan fingerprint density at radius 3 is 2.39 bits per heavy atom. The van der Waals surface area contributed by atoms with Crippen molar-refractivity contribution in [1.29, 1.82) is 0 Å². The van der Waals surface area contributed by atoms with Gasteiger partial charge in [0.25, 0.3) is 5.91 Å². The van der Waals surface area contributed by atoms with Crippen molar-refractivity contribution in [1.82, 2.24) is 4.90 Å². The zero-order chi connectivity index (χ0) is 25.3. The number of Topliss-reactive ketones (excluding diaryl/α,β-unsaturated/α-hetero) is 1. The van der Waals surface area contributed by atoms with Crippen molar-refractivity contribution in [3.63, 3.8) is 0 Å². The van der Waals surface area contributed by atoms with Crippen molar-refractivity contribution < 1.29 is 22.7 Å². The van der Waals surface area contributed by atoms with Crippen LogP contribution >= 0.6 is 0 Å². The average Bonchev–Trinajstić information content (AvgIpc) is 2.89. The number of piperidine rings is 1. The number of rotatable bonds is 5. The summed E-state index contributed by atoms with van der Waals surface area (Å²) in [6.45, 7) is 1.32. The van der Waals surface area contributed by atoms with Crippen molar-refractivity contribution in [3.8, 4) is 5.75 Å². The second kappa shape index (κ2) is 9.90. The minimum Gasteiger partial charge on any atom is -0.486 e. The van der Waals surface area contributed by atoms with E-state index in [1.807, 2.05) is 35.2 Å². The largest absolute Gasteiger partial charge is 0.486 e. The molecule has 0 spiro atoms. The Hall–Kier alpha value is -3.45. The van der Waals surface area contributed by atoms with Gasteiger partial charge in [-0.3, -0.25) is 9.59 Å². The molecule has 0 unspecified atom stereocenters. The van der Waals surface area contributed by atoms with Crippen LogP contribution < -0.4 is 4.74 Å². The van der Waals surface area contributed by atoms with Crippen LogP contribution in [0.2, 0.25) is 0 Å². The molecule has 0 N–H and O–H groups in total. The van der Waals surface area contributed by atoms with E-state index < -0.39 is 9.84 Å². The van der Waals surface area contributed by atoms with E-state index in [-0.39, 0.29) is 30.1 Å². The fourth-order valence-electron chi connectivity index (χ4n) is 5.37. The first-order chi connectivity index (χ1) is 17.3. The molecule has 7 heteroatoms. The summed E-state index contributed by atoms with van der Waals surface area (Å²) in [7, 11) is -3.32. The zero-order valence-corrected chi connectivity index (χ0v) is 21.0. The van der Waals surface area contributed by atoms with Crippen LogP contribution in [0.1, 0.15) is 45.8 Å². The van der Waals surface area contributed by atoms with Crippen LogP contribution in [0.5, 0.6) is 5.75 Å². The molecule has 0 aliphatic carbocycles. The maximum absolute atomic E-state index is 13.3. The molecule has 1 saturated heterocycles. The van der Waals surface area contributed by atoms with Crippen LogP contribution in [0.4, 0.5) is 0 Å². The third-order valence-electron chi connectivity index (χ3n) is 7.19. The molecule has 2 aliphatic heterocycles. The first kappa shape index (κ1) is 24.3. The Balaban J connectivity index is 1.36. The molecule has 186 valence electrons. The van der Waals surface area contributed by atoms with Gasteiger partial charge in [-0.1, -0.05) is 42.5 Å². The predicted molar refractivity (Wildman–Crippen MR) is 137 cm³/mol. The van der Waals surface area contributed by atoms with E-state index in [0.717, 1.165) is 29.5 Å². The van der Waals surface area contributed by atoms with Gasteiger partial charge in [0.1, 0.15) is 12.4 Å². The number of carbonyl (C=O) groups excluding carboxylic acids is 2. The first-order valence-electron chi connectivity index (χ1n) is 12.2. The van der Waals surface area contributed by atoms with Gasteiger partial charge < -0.3 is 9.64 Å². The highest BCUT2D eigenvalue weighted by Gasteiger charge is 2.31. The molecular weight excluding hydrogens is 474 g/mol. The number of carbonyl (C=O) groups is 2. The molecule has 0 saturated carbocycles. The van der Waals surface area contributed by atoms with E-state index >= 15 is 0 Å². The van der Waals surface area contributed by atoms with E-state index in [1.165, 1.54) is 6.26 Å². The predicted octanol–water partition coefficient (Wildman–Crippen LogP) is 4.28. The Kier molecular flexibility index (Phi) is 6.67. The van der Waals surface area contributed by atoms with Crippen LogP contribution in [0, 0.1) is 5.92 Å². The van der Waals surface area contributed by atoms with Crippen LogP contribution in [0.3, 0.4) is 0 Å². The zero-order valence-electron chi connectivity index (χ0n) is 20.2. The number of ketones is 1. The SMILES string of the molecule is CS(=O)(=O)c1cccc([C@@H](c2ccccc2)C2CCN(C(=O)c3ccc4c(c3)CC(=O)CO4)CC2)c1. The van der Waals surface area contributed by atoms with Crippen LogP contribution in [-0.4, -0.2) is 51.0 Å². The Bertz CT molecular complexity index is 1390. The fourth-order valence-corrected chi connectivity index (χ4v) is 6.04. The third kappa shape index (κ3) is 5.07. The van der Waals surface area contributed by atoms with E-state index in [1.54, 1.807) is 30.3 Å². The molecule has 3 aromatic rings. The number of hydrogen-bond acceptors (Lipinski definition) is 5. The highest BCUT2D eigenvalue weighted by molar-refractivity contribution is 7.90. The number of likely N-dealkylation sites (tertiary alicyclic amines) is 1. The molecule has 6 nitrogen and oxygen atoms in total. The molecule has 1 fully saturated rings. The number of fused-ring (bicyclic) bond motifs is 1. The Morgan fingerprint density at radius 2 is 1.67 bits per heavy atom. The van der Waals surface area contributed by atoms with Crippen molar-refractivity contribution in [2.24, 2.45) is 5.92 Å². The molecular formula is C29H29NO5S. The molecule has 0 radical (unpaired) electrons. The summed E-state index contributed by atoms with van der Waals surface area (Å²) in [5, 5.41) is 0. The number of amides is 1. The van der Waals surface area contributed by atoms with E-state index in [2.05, 4.69) is 12.1 Å². The van der Waals surface area contributed by atoms with Gasteiger partial charge in [0, 0.05) is 42.8 Å². The normalized spacial score (nSPS) is 17.2. The smallest absolute Gasteiger partial charge is 0.253 e. The van der Waals surface area contributed by atoms with Gasteiger partial charge in [0.05, 0.1) is 4.90 Å². The van der Waals surface area contributed by atoms with Gasteiger partial charge >= 0.3 is 0 Å². The van der Waals surface area contributed by atoms with Crippen LogP contribution in [0.25, 0.3) is 0 Å². The van der Waals surface area contributed by atoms with Gasteiger partial charge in [-0.25, -0.2) is 8.42 Å². The summed E-state index contributed by atoms with van der Waals surface area (Å²) in [5.74, 6) is 0.953. The summed E-state index contributed by atoms with van der Waals surface area (Å²) >= 11 is 0. The maximum Gasteiger partial charge on any atom is 0.253 e. The van der Waals surface area contributed by atoms with Gasteiger partial charge in [-0.05, 0) is 60.2 Å². The second-order valence-electron chi connectivity index (χ2n) is 9.69. The van der Waals surface area contributed by atoms with Crippen molar-refractivity contribution in [3.05, 3.63) is 95.1 Å². The van der Waals surface area contributed by atoms with Crippen molar-refractivity contribution >= 4 is 21.5 Å². The summed E-state index contributed by atoms with van der Waals surface area (Å²) in [4.78, 5) is 27.2. The van der Waals surface area contributed by atoms with Gasteiger partial charge in [-0.2, -0.15) is 0 Å². The summed E-state index contributed by atoms with van der Waals surface area (Å²) in [5.41, 5.74) is 3.47. The van der Waals surface area contributed by atoms with E-state index in [4.69, 9.17) is 4.74 Å². The van der Waals surface area contributed by atoms with Crippen LogP contribution in [-0.2, 0) is 21.1 Å². The van der Waals surface area contributed by atoms with Gasteiger partial charge in [0.15, 0.2) is 15.6 Å². The molecule has 2 aliphatic rings. The topological polar surface area (TPSA) is 80.8 Å². The molecule has 3 aromatic carbocycles. The minimum atomic E-state index is -3.32. The quantitative estimate of drug-likeness (QED) is 0.519. The molecule has 1 amide bonds. The van der Waals surface area contributed by atoms with Crippen molar-refractivity contribution in [2.45, 2.75) is 30.1 Å². The fraction of sp³-hybridized carbons (Fsp3) is 0.310. The summed E-state index contributed by atoms with van der Waals surface area (Å²) < 4.78 is 29.9. The Morgan fingerprint density at radius 1 is 0.944 bits per heavy atom. The molecule has 2 heterocycles. The number of hydrogen-bond donors (Lipinski definition) is 0. The third-order valence-corrected chi connectivity index (χ3v) is 8.30. The standard InChI is InChI=1S/C29H29NO5S/c1-36(33,34)26-9-5-8-22(18-26)28(20-6-3-2-4-7-20)21-12-14-30(15-13-21)29(32)23-10-11-27-24(16-23)17-25(31)19-35-27/h2-11,16,18,21,28H,12-15,17,19H2,1H3/t28-/m0/s1. The van der Waals surface area contributed by atoms with E-state index in [9.17, 15) is 18.0 Å². The van der Waals surface area contributed by atoms with Gasteiger partial charge in [0.2, 0.25) is 0 Å². The molecule has 5 rings (SSSR count). The molecule has 36 heavy (non-hydrogen) atoms. The summed E-state index contributed by atoms with van der Waals surface area (Å²) in [6, 6.07) is 22.7. The number of benzene rings is 3. The van der Waals surface area contributed by atoms with Crippen molar-refractivity contribution in [2.75, 3.05) is 26.0 Å². The molecule has 0 aromatic heterocycles. The lowest BCUT2D eigenvalue weighted by atomic mass is 9.76. The summed E-state index contributed by atoms with van der Waals surface area (Å²) in [6.07, 6.45) is 3.14.